The van der Waals surface area contributed by atoms with Crippen LogP contribution in [0.1, 0.15) is 57.8 Å². The first-order valence-corrected chi connectivity index (χ1v) is 7.13. The van der Waals surface area contributed by atoms with E-state index in [4.69, 9.17) is 0 Å². The van der Waals surface area contributed by atoms with E-state index >= 15 is 0 Å². The van der Waals surface area contributed by atoms with Crippen LogP contribution in [0.3, 0.4) is 0 Å². The van der Waals surface area contributed by atoms with Gasteiger partial charge < -0.3 is 0 Å². The Labute approximate surface area is 86.9 Å². The molecule has 1 aliphatic carbocycles. The maximum Gasteiger partial charge on any atom is 0.00756 e. The fraction of sp³-hybridized carbons (Fsp3) is 1.00. The molecule has 76 valence electrons. The van der Waals surface area contributed by atoms with Gasteiger partial charge in [0, 0.05) is 5.25 Å². The molecule has 0 radical (unpaired) electrons. The summed E-state index contributed by atoms with van der Waals surface area (Å²) in [6, 6.07) is 0. The first-order valence-electron chi connectivity index (χ1n) is 6.08. The van der Waals surface area contributed by atoms with Crippen molar-refractivity contribution in [2.24, 2.45) is 5.92 Å². The molecule has 2 rings (SSSR count). The molecule has 1 aliphatic heterocycles. The minimum Gasteiger partial charge on any atom is -0.158 e. The van der Waals surface area contributed by atoms with Gasteiger partial charge in [-0.25, -0.2) is 0 Å². The number of thioether (sulfide) groups is 1. The highest BCUT2D eigenvalue weighted by Crippen LogP contribution is 2.37. The molecule has 1 saturated carbocycles. The standard InChI is InChI=1S/C12H22S/c1-2-4-7-11(8-5-3-1)12-9-6-10-13-12/h11-12H,1-10H2. The summed E-state index contributed by atoms with van der Waals surface area (Å²) in [5.41, 5.74) is 0. The molecule has 1 heterocycles. The third-order valence-corrected chi connectivity index (χ3v) is 5.21. The van der Waals surface area contributed by atoms with Gasteiger partial charge in [-0.1, -0.05) is 32.1 Å². The molecule has 1 atom stereocenters. The smallest absolute Gasteiger partial charge is 0.00756 e. The lowest BCUT2D eigenvalue weighted by atomic mass is 9.87. The molecule has 0 amide bonds. The molecule has 13 heavy (non-hydrogen) atoms. The molecule has 0 aromatic rings. The molecule has 1 heteroatoms. The van der Waals surface area contributed by atoms with Crippen LogP contribution in [0.4, 0.5) is 0 Å². The summed E-state index contributed by atoms with van der Waals surface area (Å²) < 4.78 is 0. The Hall–Kier alpha value is 0.350. The molecule has 0 bridgehead atoms. The Morgan fingerprint density at radius 3 is 2.00 bits per heavy atom. The largest absolute Gasteiger partial charge is 0.158 e. The second kappa shape index (κ2) is 5.29. The average molecular weight is 198 g/mol. The van der Waals surface area contributed by atoms with Crippen LogP contribution in [0.5, 0.6) is 0 Å². The van der Waals surface area contributed by atoms with Crippen LogP contribution < -0.4 is 0 Å². The topological polar surface area (TPSA) is 0 Å². The summed E-state index contributed by atoms with van der Waals surface area (Å²) in [5.74, 6) is 2.54. The Kier molecular flexibility index (Phi) is 4.02. The van der Waals surface area contributed by atoms with Gasteiger partial charge in [-0.15, -0.1) is 0 Å². The highest BCUT2D eigenvalue weighted by Gasteiger charge is 2.25. The first kappa shape index (κ1) is 9.89. The van der Waals surface area contributed by atoms with Crippen LogP contribution in [0.25, 0.3) is 0 Å². The van der Waals surface area contributed by atoms with E-state index in [1.54, 1.807) is 0 Å². The van der Waals surface area contributed by atoms with Crippen molar-refractivity contribution in [1.29, 1.82) is 0 Å². The molecular weight excluding hydrogens is 176 g/mol. The van der Waals surface area contributed by atoms with E-state index in [9.17, 15) is 0 Å². The van der Waals surface area contributed by atoms with Gasteiger partial charge in [0.1, 0.15) is 0 Å². The lowest BCUT2D eigenvalue weighted by Crippen LogP contribution is -2.15. The summed E-state index contributed by atoms with van der Waals surface area (Å²) in [4.78, 5) is 0. The highest BCUT2D eigenvalue weighted by molar-refractivity contribution is 8.00. The normalized spacial score (nSPS) is 32.8. The summed E-state index contributed by atoms with van der Waals surface area (Å²) in [6.07, 6.45) is 13.6. The number of hydrogen-bond donors (Lipinski definition) is 0. The zero-order chi connectivity index (χ0) is 8.93. The van der Waals surface area contributed by atoms with Gasteiger partial charge in [-0.05, 0) is 37.4 Å². The third kappa shape index (κ3) is 2.90. The molecule has 0 nitrogen and oxygen atoms in total. The Morgan fingerprint density at radius 2 is 1.38 bits per heavy atom. The van der Waals surface area contributed by atoms with E-state index in [1.807, 2.05) is 0 Å². The van der Waals surface area contributed by atoms with Crippen molar-refractivity contribution in [2.75, 3.05) is 5.75 Å². The lowest BCUT2D eigenvalue weighted by molar-refractivity contribution is 0.364. The molecule has 0 aromatic carbocycles. The van der Waals surface area contributed by atoms with Crippen LogP contribution in [-0.2, 0) is 0 Å². The van der Waals surface area contributed by atoms with Crippen molar-refractivity contribution < 1.29 is 0 Å². The van der Waals surface area contributed by atoms with Gasteiger partial charge in [0.2, 0.25) is 0 Å². The van der Waals surface area contributed by atoms with Crippen LogP contribution in [-0.4, -0.2) is 11.0 Å². The monoisotopic (exact) mass is 198 g/mol. The summed E-state index contributed by atoms with van der Waals surface area (Å²) in [7, 11) is 0. The van der Waals surface area contributed by atoms with Gasteiger partial charge in [-0.2, -0.15) is 11.8 Å². The van der Waals surface area contributed by atoms with Gasteiger partial charge in [0.15, 0.2) is 0 Å². The van der Waals surface area contributed by atoms with Crippen LogP contribution >= 0.6 is 11.8 Å². The molecular formula is C12H22S. The van der Waals surface area contributed by atoms with Crippen LogP contribution in [0.15, 0.2) is 0 Å². The van der Waals surface area contributed by atoms with Gasteiger partial charge >= 0.3 is 0 Å². The van der Waals surface area contributed by atoms with E-state index in [0.717, 1.165) is 11.2 Å². The van der Waals surface area contributed by atoms with E-state index < -0.39 is 0 Å². The van der Waals surface area contributed by atoms with E-state index in [2.05, 4.69) is 11.8 Å². The molecule has 2 fully saturated rings. The molecule has 2 aliphatic rings. The second-order valence-electron chi connectivity index (χ2n) is 4.66. The molecule has 0 N–H and O–H groups in total. The minimum absolute atomic E-state index is 1.05. The average Bonchev–Trinajstić information content (AvgIpc) is 2.55. The summed E-state index contributed by atoms with van der Waals surface area (Å²) in [5, 5.41) is 1.05. The molecule has 1 saturated heterocycles. The van der Waals surface area contributed by atoms with Crippen molar-refractivity contribution in [3.8, 4) is 0 Å². The Balaban J connectivity index is 1.80. The van der Waals surface area contributed by atoms with Crippen molar-refractivity contribution >= 4 is 11.8 Å². The number of hydrogen-bond acceptors (Lipinski definition) is 1. The second-order valence-corrected chi connectivity index (χ2v) is 6.00. The SMILES string of the molecule is C1CCCC(C2CCCS2)CCC1. The molecule has 0 spiro atoms. The molecule has 1 unspecified atom stereocenters. The maximum absolute atomic E-state index is 2.26. The Bertz CT molecular complexity index is 130. The molecule has 0 aromatic heterocycles. The zero-order valence-electron chi connectivity index (χ0n) is 8.63. The van der Waals surface area contributed by atoms with Gasteiger partial charge in [0.25, 0.3) is 0 Å². The Morgan fingerprint density at radius 1 is 0.692 bits per heavy atom. The van der Waals surface area contributed by atoms with Crippen molar-refractivity contribution in [1.82, 2.24) is 0 Å². The van der Waals surface area contributed by atoms with Crippen molar-refractivity contribution in [3.05, 3.63) is 0 Å². The van der Waals surface area contributed by atoms with E-state index in [-0.39, 0.29) is 0 Å². The minimum atomic E-state index is 1.05. The van der Waals surface area contributed by atoms with Crippen molar-refractivity contribution in [2.45, 2.75) is 63.0 Å². The summed E-state index contributed by atoms with van der Waals surface area (Å²) >= 11 is 2.26. The van der Waals surface area contributed by atoms with E-state index in [1.165, 1.54) is 63.5 Å². The predicted octanol–water partition coefficient (Wildman–Crippen LogP) is 4.24. The van der Waals surface area contributed by atoms with Crippen LogP contribution in [0.2, 0.25) is 0 Å². The third-order valence-electron chi connectivity index (χ3n) is 3.64. The van der Waals surface area contributed by atoms with Crippen molar-refractivity contribution in [3.63, 3.8) is 0 Å². The predicted molar refractivity (Wildman–Crippen MR) is 61.3 cm³/mol. The lowest BCUT2D eigenvalue weighted by Gasteiger charge is -2.24. The first-order chi connectivity index (χ1) is 6.47. The fourth-order valence-corrected chi connectivity index (χ4v) is 4.35. The number of rotatable bonds is 1. The van der Waals surface area contributed by atoms with Gasteiger partial charge in [0.05, 0.1) is 0 Å². The highest BCUT2D eigenvalue weighted by atomic mass is 32.2. The fourth-order valence-electron chi connectivity index (χ4n) is 2.83. The maximum atomic E-state index is 2.26. The van der Waals surface area contributed by atoms with E-state index in [0.29, 0.717) is 0 Å². The quantitative estimate of drug-likeness (QED) is 0.607. The summed E-state index contributed by atoms with van der Waals surface area (Å²) in [6.45, 7) is 0. The van der Waals surface area contributed by atoms with Gasteiger partial charge in [-0.3, -0.25) is 0 Å². The zero-order valence-corrected chi connectivity index (χ0v) is 9.45. The van der Waals surface area contributed by atoms with Crippen LogP contribution in [0, 0.1) is 5.92 Å².